The molecule has 0 aromatic heterocycles. The fourth-order valence-electron chi connectivity index (χ4n) is 0.919. The number of benzene rings is 1. The summed E-state index contributed by atoms with van der Waals surface area (Å²) >= 11 is 4.95. The lowest BCUT2D eigenvalue weighted by Crippen LogP contribution is -2.12. The van der Waals surface area contributed by atoms with Gasteiger partial charge < -0.3 is 5.11 Å². The lowest BCUT2D eigenvalue weighted by atomic mass is 10.1. The number of phenols is 1. The fraction of sp³-hybridized carbons (Fsp3) is 0.222. The first-order chi connectivity index (χ1) is 6.09. The maximum atomic E-state index is 12.8. The molecule has 1 atom stereocenters. The minimum atomic E-state index is -1.67. The maximum absolute atomic E-state index is 12.8. The van der Waals surface area contributed by atoms with E-state index in [4.69, 9.17) is 16.7 Å². The van der Waals surface area contributed by atoms with Crippen LogP contribution in [-0.2, 0) is 11.2 Å². The number of hydrogen-bond acceptors (Lipinski definition) is 2. The highest BCUT2D eigenvalue weighted by Gasteiger charge is 2.14. The van der Waals surface area contributed by atoms with Crippen molar-refractivity contribution in [1.82, 2.24) is 0 Å². The van der Waals surface area contributed by atoms with Crippen LogP contribution in [0.25, 0.3) is 0 Å². The van der Waals surface area contributed by atoms with Crippen molar-refractivity contribution in [2.45, 2.75) is 12.6 Å². The molecule has 70 valence electrons. The highest BCUT2D eigenvalue weighted by molar-refractivity contribution is 6.64. The Kier molecular flexibility index (Phi) is 3.25. The van der Waals surface area contributed by atoms with Crippen LogP contribution in [0.1, 0.15) is 5.56 Å². The average molecular weight is 203 g/mol. The van der Waals surface area contributed by atoms with Crippen LogP contribution in [0.3, 0.4) is 0 Å². The first-order valence-corrected chi connectivity index (χ1v) is 4.08. The normalized spacial score (nSPS) is 12.5. The van der Waals surface area contributed by atoms with Crippen molar-refractivity contribution in [2.24, 2.45) is 0 Å². The Morgan fingerprint density at radius 2 is 2.00 bits per heavy atom. The molecule has 0 bridgehead atoms. The second-order valence-corrected chi connectivity index (χ2v) is 3.01. The highest BCUT2D eigenvalue weighted by atomic mass is 35.5. The van der Waals surface area contributed by atoms with E-state index in [9.17, 15) is 9.18 Å². The first kappa shape index (κ1) is 9.99. The third kappa shape index (κ3) is 3.03. The topological polar surface area (TPSA) is 37.3 Å². The summed E-state index contributed by atoms with van der Waals surface area (Å²) in [7, 11) is 0. The number of aromatic hydroxyl groups is 1. The largest absolute Gasteiger partial charge is 0.508 e. The standard InChI is InChI=1S/C9H8ClFO2/c10-9(13)8(11)5-6-1-3-7(12)4-2-6/h1-4,8,12H,5H2. The van der Waals surface area contributed by atoms with E-state index in [1.165, 1.54) is 12.1 Å². The molecule has 1 aromatic carbocycles. The van der Waals surface area contributed by atoms with E-state index in [1.807, 2.05) is 0 Å². The van der Waals surface area contributed by atoms with Crippen molar-refractivity contribution in [3.63, 3.8) is 0 Å². The number of halogens is 2. The van der Waals surface area contributed by atoms with E-state index < -0.39 is 11.4 Å². The Bertz CT molecular complexity index is 297. The summed E-state index contributed by atoms with van der Waals surface area (Å²) in [4.78, 5) is 10.4. The zero-order chi connectivity index (χ0) is 9.84. The van der Waals surface area contributed by atoms with Crippen molar-refractivity contribution < 1.29 is 14.3 Å². The van der Waals surface area contributed by atoms with Gasteiger partial charge in [-0.05, 0) is 29.3 Å². The molecule has 0 aliphatic rings. The Morgan fingerprint density at radius 1 is 1.46 bits per heavy atom. The summed E-state index contributed by atoms with van der Waals surface area (Å²) in [5, 5.41) is 7.92. The molecule has 0 saturated heterocycles. The first-order valence-electron chi connectivity index (χ1n) is 3.71. The molecule has 0 saturated carbocycles. The summed E-state index contributed by atoms with van der Waals surface area (Å²) in [6, 6.07) is 5.95. The molecule has 0 fully saturated rings. The summed E-state index contributed by atoms with van der Waals surface area (Å²) in [5.74, 6) is 0.108. The van der Waals surface area contributed by atoms with Gasteiger partial charge in [0.05, 0.1) is 0 Å². The number of carbonyl (C=O) groups is 1. The van der Waals surface area contributed by atoms with Gasteiger partial charge in [-0.2, -0.15) is 0 Å². The predicted octanol–water partition coefficient (Wildman–Crippen LogP) is 2.04. The van der Waals surface area contributed by atoms with E-state index in [2.05, 4.69) is 0 Å². The van der Waals surface area contributed by atoms with Gasteiger partial charge in [0.1, 0.15) is 5.75 Å². The molecule has 2 nitrogen and oxygen atoms in total. The molecule has 0 amide bonds. The number of alkyl halides is 1. The van der Waals surface area contributed by atoms with E-state index in [-0.39, 0.29) is 12.2 Å². The zero-order valence-corrected chi connectivity index (χ0v) is 7.46. The number of carbonyl (C=O) groups excluding carboxylic acids is 1. The summed E-state index contributed by atoms with van der Waals surface area (Å²) in [5.41, 5.74) is 0.624. The van der Waals surface area contributed by atoms with Gasteiger partial charge in [0, 0.05) is 6.42 Å². The van der Waals surface area contributed by atoms with Crippen LogP contribution in [0.4, 0.5) is 4.39 Å². The minimum absolute atomic E-state index is 0.0530. The van der Waals surface area contributed by atoms with Gasteiger partial charge in [-0.25, -0.2) is 4.39 Å². The Labute approximate surface area is 80.0 Å². The van der Waals surface area contributed by atoms with Crippen LogP contribution in [0.15, 0.2) is 24.3 Å². The molecule has 1 rings (SSSR count). The molecule has 0 heterocycles. The quantitative estimate of drug-likeness (QED) is 0.762. The smallest absolute Gasteiger partial charge is 0.256 e. The molecule has 1 aromatic rings. The van der Waals surface area contributed by atoms with Crippen LogP contribution < -0.4 is 0 Å². The molecule has 1 N–H and O–H groups in total. The van der Waals surface area contributed by atoms with Gasteiger partial charge in [0.2, 0.25) is 0 Å². The number of rotatable bonds is 3. The molecule has 0 radical (unpaired) electrons. The second kappa shape index (κ2) is 4.23. The minimum Gasteiger partial charge on any atom is -0.508 e. The van der Waals surface area contributed by atoms with Gasteiger partial charge in [0.15, 0.2) is 6.17 Å². The average Bonchev–Trinajstić information content (AvgIpc) is 2.08. The van der Waals surface area contributed by atoms with Crippen molar-refractivity contribution in [3.8, 4) is 5.75 Å². The van der Waals surface area contributed by atoms with Crippen molar-refractivity contribution in [3.05, 3.63) is 29.8 Å². The van der Waals surface area contributed by atoms with Crippen LogP contribution in [-0.4, -0.2) is 16.5 Å². The molecule has 4 heteroatoms. The Balaban J connectivity index is 2.64. The fourth-order valence-corrected chi connectivity index (χ4v) is 0.996. The van der Waals surface area contributed by atoms with E-state index >= 15 is 0 Å². The maximum Gasteiger partial charge on any atom is 0.256 e. The van der Waals surface area contributed by atoms with Gasteiger partial charge in [-0.15, -0.1) is 0 Å². The summed E-state index contributed by atoms with van der Waals surface area (Å²) in [6.07, 6.45) is -1.73. The third-order valence-electron chi connectivity index (χ3n) is 1.60. The third-order valence-corrected chi connectivity index (χ3v) is 1.83. The van der Waals surface area contributed by atoms with Crippen molar-refractivity contribution >= 4 is 16.8 Å². The van der Waals surface area contributed by atoms with Gasteiger partial charge in [0.25, 0.3) is 5.24 Å². The van der Waals surface area contributed by atoms with Crippen molar-refractivity contribution in [1.29, 1.82) is 0 Å². The molecule has 0 aliphatic carbocycles. The van der Waals surface area contributed by atoms with E-state index in [0.29, 0.717) is 5.56 Å². The van der Waals surface area contributed by atoms with Crippen LogP contribution in [0, 0.1) is 0 Å². The SMILES string of the molecule is O=C(Cl)C(F)Cc1ccc(O)cc1. The Morgan fingerprint density at radius 3 is 2.46 bits per heavy atom. The molecule has 0 aliphatic heterocycles. The van der Waals surface area contributed by atoms with E-state index in [0.717, 1.165) is 0 Å². The molecule has 13 heavy (non-hydrogen) atoms. The molecule has 0 spiro atoms. The predicted molar refractivity (Wildman–Crippen MR) is 47.6 cm³/mol. The van der Waals surface area contributed by atoms with Crippen molar-refractivity contribution in [2.75, 3.05) is 0 Å². The van der Waals surface area contributed by atoms with Crippen LogP contribution >= 0.6 is 11.6 Å². The molecular formula is C9H8ClFO2. The van der Waals surface area contributed by atoms with Gasteiger partial charge in [-0.3, -0.25) is 4.79 Å². The molecular weight excluding hydrogens is 195 g/mol. The zero-order valence-electron chi connectivity index (χ0n) is 6.71. The number of hydrogen-bond donors (Lipinski definition) is 1. The van der Waals surface area contributed by atoms with E-state index in [1.54, 1.807) is 12.1 Å². The lowest BCUT2D eigenvalue weighted by Gasteiger charge is -2.02. The summed E-state index contributed by atoms with van der Waals surface area (Å²) < 4.78 is 12.8. The second-order valence-electron chi connectivity index (χ2n) is 2.64. The van der Waals surface area contributed by atoms with Gasteiger partial charge in [-0.1, -0.05) is 12.1 Å². The van der Waals surface area contributed by atoms with Crippen LogP contribution in [0.5, 0.6) is 5.75 Å². The van der Waals surface area contributed by atoms with Crippen LogP contribution in [0.2, 0.25) is 0 Å². The lowest BCUT2D eigenvalue weighted by molar-refractivity contribution is -0.115. The van der Waals surface area contributed by atoms with Gasteiger partial charge >= 0.3 is 0 Å². The Hall–Kier alpha value is -1.09. The highest BCUT2D eigenvalue weighted by Crippen LogP contribution is 2.13. The monoisotopic (exact) mass is 202 g/mol. The number of phenolic OH excluding ortho intramolecular Hbond substituents is 1. The summed E-state index contributed by atoms with van der Waals surface area (Å²) in [6.45, 7) is 0. The molecule has 1 unspecified atom stereocenters.